The SMILES string of the molecule is Cc1c(C(=O)OCC(C)C)sc2nc(Cl)nc(N(Cc3ccccc3)C(C)C)c12. The Bertz CT molecular complexity index is 1000. The van der Waals surface area contributed by atoms with E-state index in [-0.39, 0.29) is 23.2 Å². The lowest BCUT2D eigenvalue weighted by molar-refractivity contribution is 0.0464. The van der Waals surface area contributed by atoms with Crippen LogP contribution >= 0.6 is 22.9 Å². The number of ether oxygens (including phenoxy) is 1. The van der Waals surface area contributed by atoms with E-state index in [1.165, 1.54) is 16.9 Å². The third-order valence-electron chi connectivity index (χ3n) is 4.57. The van der Waals surface area contributed by atoms with Crippen LogP contribution in [0.15, 0.2) is 30.3 Å². The van der Waals surface area contributed by atoms with Gasteiger partial charge in [-0.1, -0.05) is 44.2 Å². The van der Waals surface area contributed by atoms with Crippen LogP contribution in [0.3, 0.4) is 0 Å². The summed E-state index contributed by atoms with van der Waals surface area (Å²) in [5, 5.41) is 1.04. The van der Waals surface area contributed by atoms with E-state index >= 15 is 0 Å². The quantitative estimate of drug-likeness (QED) is 0.345. The molecule has 3 aromatic rings. The molecule has 0 radical (unpaired) electrons. The lowest BCUT2D eigenvalue weighted by Gasteiger charge is -2.29. The summed E-state index contributed by atoms with van der Waals surface area (Å²) >= 11 is 7.57. The third kappa shape index (κ3) is 4.87. The fraction of sp³-hybridized carbons (Fsp3) is 0.409. The molecule has 5 nitrogen and oxygen atoms in total. The number of aryl methyl sites for hydroxylation is 1. The average Bonchev–Trinajstić information content (AvgIpc) is 3.00. The van der Waals surface area contributed by atoms with E-state index in [9.17, 15) is 4.79 Å². The molecule has 0 aliphatic carbocycles. The van der Waals surface area contributed by atoms with Crippen molar-refractivity contribution in [1.82, 2.24) is 9.97 Å². The number of rotatable bonds is 7. The number of carbonyl (C=O) groups is 1. The van der Waals surface area contributed by atoms with Gasteiger partial charge in [0, 0.05) is 12.6 Å². The Balaban J connectivity index is 2.07. The van der Waals surface area contributed by atoms with Crippen LogP contribution in [0.1, 0.15) is 48.5 Å². The summed E-state index contributed by atoms with van der Waals surface area (Å²) in [5.74, 6) is 0.705. The molecule has 0 saturated carbocycles. The van der Waals surface area contributed by atoms with E-state index in [0.717, 1.165) is 16.8 Å². The Kier molecular flexibility index (Phi) is 6.75. The molecule has 3 rings (SSSR count). The highest BCUT2D eigenvalue weighted by molar-refractivity contribution is 7.20. The number of hydrogen-bond acceptors (Lipinski definition) is 6. The van der Waals surface area contributed by atoms with Crippen molar-refractivity contribution in [3.05, 3.63) is 51.6 Å². The fourth-order valence-corrected chi connectivity index (χ4v) is 4.37. The molecule has 29 heavy (non-hydrogen) atoms. The van der Waals surface area contributed by atoms with Gasteiger partial charge < -0.3 is 9.64 Å². The maximum Gasteiger partial charge on any atom is 0.348 e. The minimum atomic E-state index is -0.319. The van der Waals surface area contributed by atoms with Crippen LogP contribution in [-0.2, 0) is 11.3 Å². The van der Waals surface area contributed by atoms with Gasteiger partial charge in [-0.15, -0.1) is 11.3 Å². The third-order valence-corrected chi connectivity index (χ3v) is 5.90. The number of halogens is 1. The highest BCUT2D eigenvalue weighted by atomic mass is 35.5. The fourth-order valence-electron chi connectivity index (χ4n) is 3.08. The van der Waals surface area contributed by atoms with Gasteiger partial charge in [0.05, 0.1) is 12.0 Å². The largest absolute Gasteiger partial charge is 0.461 e. The Hall–Kier alpha value is -2.18. The van der Waals surface area contributed by atoms with Crippen LogP contribution in [-0.4, -0.2) is 28.6 Å². The van der Waals surface area contributed by atoms with Gasteiger partial charge in [0.15, 0.2) is 0 Å². The molecule has 0 aliphatic heterocycles. The number of nitrogens with zero attached hydrogens (tertiary/aromatic N) is 3. The van der Waals surface area contributed by atoms with Crippen LogP contribution in [0.25, 0.3) is 10.2 Å². The molecule has 0 fully saturated rings. The minimum Gasteiger partial charge on any atom is -0.461 e. The van der Waals surface area contributed by atoms with Crippen molar-refractivity contribution in [1.29, 1.82) is 0 Å². The number of aromatic nitrogens is 2. The van der Waals surface area contributed by atoms with Crippen molar-refractivity contribution in [3.63, 3.8) is 0 Å². The summed E-state index contributed by atoms with van der Waals surface area (Å²) in [6.45, 7) is 11.2. The second-order valence-electron chi connectivity index (χ2n) is 7.75. The standard InChI is InChI=1S/C22H26ClN3O2S/c1-13(2)12-28-21(27)18-15(5)17-19(24-22(23)25-20(17)29-18)26(14(3)4)11-16-9-7-6-8-10-16/h6-10,13-14H,11-12H2,1-5H3. The van der Waals surface area contributed by atoms with Gasteiger partial charge in [0.2, 0.25) is 5.28 Å². The molecule has 0 amide bonds. The first kappa shape index (κ1) is 21.5. The van der Waals surface area contributed by atoms with Crippen LogP contribution in [0.5, 0.6) is 0 Å². The second kappa shape index (κ2) is 9.09. The number of esters is 1. The maximum absolute atomic E-state index is 12.6. The van der Waals surface area contributed by atoms with Crippen LogP contribution in [0.2, 0.25) is 5.28 Å². The van der Waals surface area contributed by atoms with Gasteiger partial charge in [-0.2, -0.15) is 4.98 Å². The highest BCUT2D eigenvalue weighted by Crippen LogP contribution is 2.37. The van der Waals surface area contributed by atoms with Gasteiger partial charge in [0.25, 0.3) is 0 Å². The molecule has 0 N–H and O–H groups in total. The van der Waals surface area contributed by atoms with Gasteiger partial charge in [-0.3, -0.25) is 0 Å². The minimum absolute atomic E-state index is 0.176. The first-order chi connectivity index (χ1) is 13.8. The number of hydrogen-bond donors (Lipinski definition) is 0. The zero-order chi connectivity index (χ0) is 21.1. The van der Waals surface area contributed by atoms with Crippen molar-refractivity contribution in [2.24, 2.45) is 5.92 Å². The van der Waals surface area contributed by atoms with Crippen LogP contribution in [0.4, 0.5) is 5.82 Å². The monoisotopic (exact) mass is 431 g/mol. The Morgan fingerprint density at radius 3 is 2.48 bits per heavy atom. The summed E-state index contributed by atoms with van der Waals surface area (Å²) < 4.78 is 5.45. The predicted octanol–water partition coefficient (Wildman–Crippen LogP) is 5.88. The number of carbonyl (C=O) groups excluding carboxylic acids is 1. The Labute approximate surface area is 180 Å². The zero-order valence-corrected chi connectivity index (χ0v) is 19.0. The second-order valence-corrected chi connectivity index (χ2v) is 9.09. The van der Waals surface area contributed by atoms with Crippen LogP contribution < -0.4 is 4.90 Å². The van der Waals surface area contributed by atoms with Crippen molar-refractivity contribution >= 4 is 44.9 Å². The molecule has 7 heteroatoms. The summed E-state index contributed by atoms with van der Waals surface area (Å²) in [7, 11) is 0. The Morgan fingerprint density at radius 1 is 1.17 bits per heavy atom. The van der Waals surface area contributed by atoms with E-state index < -0.39 is 0 Å². The molecule has 0 spiro atoms. The molecule has 0 unspecified atom stereocenters. The zero-order valence-electron chi connectivity index (χ0n) is 17.4. The maximum atomic E-state index is 12.6. The van der Waals surface area contributed by atoms with Crippen molar-refractivity contribution in [3.8, 4) is 0 Å². The lowest BCUT2D eigenvalue weighted by Crippen LogP contribution is -2.31. The number of benzene rings is 1. The smallest absolute Gasteiger partial charge is 0.348 e. The number of fused-ring (bicyclic) bond motifs is 1. The molecule has 0 saturated heterocycles. The first-order valence-corrected chi connectivity index (χ1v) is 10.9. The highest BCUT2D eigenvalue weighted by Gasteiger charge is 2.25. The Morgan fingerprint density at radius 2 is 1.86 bits per heavy atom. The molecular formula is C22H26ClN3O2S. The van der Waals surface area contributed by atoms with Gasteiger partial charge in [-0.25, -0.2) is 9.78 Å². The molecule has 2 aromatic heterocycles. The van der Waals surface area contributed by atoms with E-state index in [1.807, 2.05) is 39.0 Å². The average molecular weight is 432 g/mol. The molecule has 154 valence electrons. The van der Waals surface area contributed by atoms with Gasteiger partial charge >= 0.3 is 5.97 Å². The van der Waals surface area contributed by atoms with Crippen molar-refractivity contribution in [2.75, 3.05) is 11.5 Å². The van der Waals surface area contributed by atoms with Gasteiger partial charge in [-0.05, 0) is 49.4 Å². The van der Waals surface area contributed by atoms with Crippen molar-refractivity contribution in [2.45, 2.75) is 47.2 Å². The van der Waals surface area contributed by atoms with Crippen LogP contribution in [0, 0.1) is 12.8 Å². The summed E-state index contributed by atoms with van der Waals surface area (Å²) in [6.07, 6.45) is 0. The molecule has 1 aromatic carbocycles. The summed E-state index contributed by atoms with van der Waals surface area (Å²) in [4.78, 5) is 25.0. The first-order valence-electron chi connectivity index (χ1n) is 9.72. The number of anilines is 1. The van der Waals surface area contributed by atoms with E-state index in [0.29, 0.717) is 22.9 Å². The summed E-state index contributed by atoms with van der Waals surface area (Å²) in [6, 6.07) is 10.4. The van der Waals surface area contributed by atoms with Crippen molar-refractivity contribution < 1.29 is 9.53 Å². The van der Waals surface area contributed by atoms with Gasteiger partial charge in [0.1, 0.15) is 15.5 Å². The molecule has 0 aliphatic rings. The number of thiophene rings is 1. The van der Waals surface area contributed by atoms with E-state index in [1.54, 1.807) is 0 Å². The molecule has 0 atom stereocenters. The summed E-state index contributed by atoms with van der Waals surface area (Å²) in [5.41, 5.74) is 2.01. The molecular weight excluding hydrogens is 406 g/mol. The molecule has 0 bridgehead atoms. The van der Waals surface area contributed by atoms with E-state index in [2.05, 4.69) is 40.8 Å². The normalized spacial score (nSPS) is 11.4. The van der Waals surface area contributed by atoms with E-state index in [4.69, 9.17) is 16.3 Å². The topological polar surface area (TPSA) is 55.3 Å². The molecule has 2 heterocycles. The lowest BCUT2D eigenvalue weighted by atomic mass is 10.1. The predicted molar refractivity (Wildman–Crippen MR) is 120 cm³/mol.